The first kappa shape index (κ1) is 15.2. The van der Waals surface area contributed by atoms with Crippen LogP contribution in [0.5, 0.6) is 0 Å². The normalized spacial score (nSPS) is 27.4. The highest BCUT2D eigenvalue weighted by Crippen LogP contribution is 2.49. The van der Waals surface area contributed by atoms with Crippen LogP contribution in [0.2, 0.25) is 0 Å². The molecule has 2 rings (SSSR count). The number of nitrogens with zero attached hydrogens (tertiary/aromatic N) is 1. The maximum atomic E-state index is 12.4. The fraction of sp³-hybridized carbons (Fsp3) is 1.00. The van der Waals surface area contributed by atoms with E-state index in [0.29, 0.717) is 19.6 Å². The highest BCUT2D eigenvalue weighted by molar-refractivity contribution is 7.87. The molecule has 0 aromatic carbocycles. The van der Waals surface area contributed by atoms with E-state index in [0.717, 1.165) is 44.9 Å². The summed E-state index contributed by atoms with van der Waals surface area (Å²) in [6.07, 6.45) is 7.46. The van der Waals surface area contributed by atoms with Crippen LogP contribution in [-0.2, 0) is 10.2 Å². The molecule has 0 bridgehead atoms. The van der Waals surface area contributed by atoms with Gasteiger partial charge in [0, 0.05) is 25.7 Å². The third-order valence-electron chi connectivity index (χ3n) is 4.52. The zero-order valence-electron chi connectivity index (χ0n) is 11.9. The predicted molar refractivity (Wildman–Crippen MR) is 76.9 cm³/mol. The SMILES string of the molecule is CCCC1(CNS(=O)(=O)N2CCCCC2CN)CC1. The standard InChI is InChI=1S/C13H27N3O2S/c1-2-6-13(7-8-13)11-15-19(17,18)16-9-4-3-5-12(16)10-14/h12,15H,2-11,14H2,1H3. The van der Waals surface area contributed by atoms with Crippen molar-refractivity contribution < 1.29 is 8.42 Å². The molecule has 112 valence electrons. The Labute approximate surface area is 117 Å². The van der Waals surface area contributed by atoms with Crippen LogP contribution < -0.4 is 10.5 Å². The monoisotopic (exact) mass is 289 g/mol. The Balaban J connectivity index is 1.93. The van der Waals surface area contributed by atoms with Crippen LogP contribution in [-0.4, -0.2) is 38.4 Å². The van der Waals surface area contributed by atoms with Crippen molar-refractivity contribution in [3.05, 3.63) is 0 Å². The minimum Gasteiger partial charge on any atom is -0.329 e. The topological polar surface area (TPSA) is 75.4 Å². The Morgan fingerprint density at radius 1 is 1.37 bits per heavy atom. The Morgan fingerprint density at radius 2 is 2.11 bits per heavy atom. The van der Waals surface area contributed by atoms with E-state index in [1.807, 2.05) is 0 Å². The largest absolute Gasteiger partial charge is 0.329 e. The van der Waals surface area contributed by atoms with Gasteiger partial charge >= 0.3 is 0 Å². The molecular formula is C13H27N3O2S. The van der Waals surface area contributed by atoms with Crippen LogP contribution in [0.3, 0.4) is 0 Å². The summed E-state index contributed by atoms with van der Waals surface area (Å²) >= 11 is 0. The van der Waals surface area contributed by atoms with Crippen LogP contribution >= 0.6 is 0 Å². The number of hydrogen-bond donors (Lipinski definition) is 2. The van der Waals surface area contributed by atoms with Crippen molar-refractivity contribution in [1.82, 2.24) is 9.03 Å². The van der Waals surface area contributed by atoms with Gasteiger partial charge in [0.1, 0.15) is 0 Å². The van der Waals surface area contributed by atoms with E-state index in [9.17, 15) is 8.42 Å². The molecule has 0 aromatic heterocycles. The van der Waals surface area contributed by atoms with Gasteiger partial charge in [0.2, 0.25) is 0 Å². The van der Waals surface area contributed by atoms with Crippen molar-refractivity contribution in [2.75, 3.05) is 19.6 Å². The molecule has 0 radical (unpaired) electrons. The summed E-state index contributed by atoms with van der Waals surface area (Å²) in [6, 6.07) is -0.0208. The molecule has 2 fully saturated rings. The first-order valence-electron chi connectivity index (χ1n) is 7.49. The lowest BCUT2D eigenvalue weighted by molar-refractivity contribution is 0.253. The molecular weight excluding hydrogens is 262 g/mol. The second kappa shape index (κ2) is 6.08. The molecule has 3 N–H and O–H groups in total. The molecule has 1 atom stereocenters. The van der Waals surface area contributed by atoms with Crippen LogP contribution in [0.25, 0.3) is 0 Å². The quantitative estimate of drug-likeness (QED) is 0.740. The van der Waals surface area contributed by atoms with Gasteiger partial charge in [-0.1, -0.05) is 19.8 Å². The minimum atomic E-state index is -3.35. The lowest BCUT2D eigenvalue weighted by Crippen LogP contribution is -2.52. The summed E-state index contributed by atoms with van der Waals surface area (Å²) in [7, 11) is -3.35. The van der Waals surface area contributed by atoms with Crippen LogP contribution in [0.15, 0.2) is 0 Å². The molecule has 1 aliphatic heterocycles. The van der Waals surface area contributed by atoms with E-state index >= 15 is 0 Å². The summed E-state index contributed by atoms with van der Waals surface area (Å²) in [6.45, 7) is 3.78. The second-order valence-corrected chi connectivity index (χ2v) is 7.78. The molecule has 1 heterocycles. The summed E-state index contributed by atoms with van der Waals surface area (Å²) in [4.78, 5) is 0. The average molecular weight is 289 g/mol. The van der Waals surface area contributed by atoms with E-state index in [4.69, 9.17) is 5.73 Å². The number of nitrogens with one attached hydrogen (secondary N) is 1. The average Bonchev–Trinajstić information content (AvgIpc) is 3.17. The highest BCUT2D eigenvalue weighted by Gasteiger charge is 2.43. The molecule has 2 aliphatic rings. The van der Waals surface area contributed by atoms with E-state index < -0.39 is 10.2 Å². The Kier molecular flexibility index (Phi) is 4.87. The number of piperidine rings is 1. The summed E-state index contributed by atoms with van der Waals surface area (Å²) in [5.41, 5.74) is 5.94. The molecule has 0 amide bonds. The zero-order chi connectivity index (χ0) is 13.9. The number of nitrogens with two attached hydrogens (primary N) is 1. The molecule has 5 nitrogen and oxygen atoms in total. The molecule has 1 unspecified atom stereocenters. The first-order valence-corrected chi connectivity index (χ1v) is 8.93. The molecule has 1 saturated carbocycles. The molecule has 1 aliphatic carbocycles. The van der Waals surface area contributed by atoms with Crippen LogP contribution in [0.4, 0.5) is 0 Å². The van der Waals surface area contributed by atoms with Crippen molar-refractivity contribution in [3.8, 4) is 0 Å². The number of hydrogen-bond acceptors (Lipinski definition) is 3. The van der Waals surface area contributed by atoms with Gasteiger partial charge in [-0.2, -0.15) is 12.7 Å². The van der Waals surface area contributed by atoms with Gasteiger partial charge in [0.05, 0.1) is 0 Å². The fourth-order valence-electron chi connectivity index (χ4n) is 3.08. The van der Waals surface area contributed by atoms with Crippen molar-refractivity contribution in [1.29, 1.82) is 0 Å². The highest BCUT2D eigenvalue weighted by atomic mass is 32.2. The van der Waals surface area contributed by atoms with E-state index in [1.165, 1.54) is 0 Å². The van der Waals surface area contributed by atoms with Crippen molar-refractivity contribution in [2.24, 2.45) is 11.1 Å². The maximum absolute atomic E-state index is 12.4. The Hall–Kier alpha value is -0.170. The first-order chi connectivity index (χ1) is 9.03. The minimum absolute atomic E-state index is 0.0208. The van der Waals surface area contributed by atoms with Gasteiger partial charge in [-0.25, -0.2) is 4.72 Å². The van der Waals surface area contributed by atoms with Gasteiger partial charge in [-0.15, -0.1) is 0 Å². The van der Waals surface area contributed by atoms with E-state index in [-0.39, 0.29) is 11.5 Å². The smallest absolute Gasteiger partial charge is 0.279 e. The van der Waals surface area contributed by atoms with Crippen LogP contribution in [0.1, 0.15) is 51.9 Å². The van der Waals surface area contributed by atoms with E-state index in [2.05, 4.69) is 11.6 Å². The molecule has 1 saturated heterocycles. The zero-order valence-corrected chi connectivity index (χ0v) is 12.7. The van der Waals surface area contributed by atoms with E-state index in [1.54, 1.807) is 4.31 Å². The van der Waals surface area contributed by atoms with Crippen molar-refractivity contribution in [3.63, 3.8) is 0 Å². The molecule has 19 heavy (non-hydrogen) atoms. The van der Waals surface area contributed by atoms with Gasteiger partial charge in [-0.05, 0) is 37.5 Å². The lowest BCUT2D eigenvalue weighted by Gasteiger charge is -2.34. The third kappa shape index (κ3) is 3.68. The molecule has 0 spiro atoms. The Bertz CT molecular complexity index is 393. The van der Waals surface area contributed by atoms with Crippen molar-refractivity contribution >= 4 is 10.2 Å². The fourth-order valence-corrected chi connectivity index (χ4v) is 4.68. The maximum Gasteiger partial charge on any atom is 0.279 e. The number of rotatable bonds is 7. The molecule has 0 aromatic rings. The summed E-state index contributed by atoms with van der Waals surface area (Å²) in [5.74, 6) is 0. The van der Waals surface area contributed by atoms with Gasteiger partial charge in [0.25, 0.3) is 10.2 Å². The van der Waals surface area contributed by atoms with Gasteiger partial charge < -0.3 is 5.73 Å². The molecule has 6 heteroatoms. The Morgan fingerprint density at radius 3 is 2.68 bits per heavy atom. The lowest BCUT2D eigenvalue weighted by atomic mass is 10.0. The summed E-state index contributed by atoms with van der Waals surface area (Å²) < 4.78 is 29.2. The van der Waals surface area contributed by atoms with Gasteiger partial charge in [0.15, 0.2) is 0 Å². The van der Waals surface area contributed by atoms with Crippen LogP contribution in [0, 0.1) is 5.41 Å². The third-order valence-corrected chi connectivity index (χ3v) is 6.13. The van der Waals surface area contributed by atoms with Gasteiger partial charge in [-0.3, -0.25) is 0 Å². The second-order valence-electron chi connectivity index (χ2n) is 6.07. The predicted octanol–water partition coefficient (Wildman–Crippen LogP) is 1.21. The van der Waals surface area contributed by atoms with Crippen molar-refractivity contribution in [2.45, 2.75) is 57.9 Å². The summed E-state index contributed by atoms with van der Waals surface area (Å²) in [5, 5.41) is 0.